The first-order chi connectivity index (χ1) is 15.7. The molecule has 1 saturated heterocycles. The van der Waals surface area contributed by atoms with Crippen molar-refractivity contribution < 1.29 is 18.0 Å². The number of aryl methyl sites for hydroxylation is 1. The third-order valence-corrected chi connectivity index (χ3v) is 5.92. The third-order valence-electron chi connectivity index (χ3n) is 5.92. The molecule has 0 unspecified atom stereocenters. The second kappa shape index (κ2) is 8.84. The van der Waals surface area contributed by atoms with Gasteiger partial charge in [-0.3, -0.25) is 9.78 Å². The van der Waals surface area contributed by atoms with Crippen LogP contribution in [0.2, 0.25) is 0 Å². The van der Waals surface area contributed by atoms with Crippen LogP contribution in [-0.2, 0) is 4.79 Å². The minimum Gasteiger partial charge on any atom is -0.369 e. The van der Waals surface area contributed by atoms with Crippen LogP contribution in [0.4, 0.5) is 24.7 Å². The van der Waals surface area contributed by atoms with Crippen molar-refractivity contribution in [1.82, 2.24) is 20.1 Å². The van der Waals surface area contributed by atoms with E-state index in [2.05, 4.69) is 20.5 Å². The standard InChI is InChI=1S/C23H25F3N6O/c1-12(16-6-5-7-17(19(16)24)21(25)26)28-22-18-8-15(9-27-20(18)13(2)29-30-22)32-10-14(11-32)23(33)31(3)4/h5-9,12,14,21H,10-11H2,1-4H3,(H,28,30)/t12-/m1/s1. The number of alkyl halides is 2. The van der Waals surface area contributed by atoms with Gasteiger partial charge < -0.3 is 15.1 Å². The molecule has 7 nitrogen and oxygen atoms in total. The molecule has 33 heavy (non-hydrogen) atoms. The van der Waals surface area contributed by atoms with Crippen LogP contribution >= 0.6 is 0 Å². The highest BCUT2D eigenvalue weighted by molar-refractivity contribution is 5.92. The van der Waals surface area contributed by atoms with Gasteiger partial charge in [-0.15, -0.1) is 5.10 Å². The molecule has 0 saturated carbocycles. The number of carbonyl (C=O) groups excluding carboxylic acids is 1. The monoisotopic (exact) mass is 458 g/mol. The Morgan fingerprint density at radius 3 is 2.58 bits per heavy atom. The van der Waals surface area contributed by atoms with Crippen molar-refractivity contribution in [3.63, 3.8) is 0 Å². The maximum absolute atomic E-state index is 14.6. The number of hydrogen-bond acceptors (Lipinski definition) is 6. The van der Waals surface area contributed by atoms with Crippen LogP contribution < -0.4 is 10.2 Å². The van der Waals surface area contributed by atoms with Crippen LogP contribution in [0.1, 0.15) is 36.2 Å². The number of benzene rings is 1. The molecule has 1 fully saturated rings. The zero-order chi connectivity index (χ0) is 23.9. The zero-order valence-corrected chi connectivity index (χ0v) is 18.8. The predicted molar refractivity (Wildman–Crippen MR) is 120 cm³/mol. The van der Waals surface area contributed by atoms with Gasteiger partial charge in [0.2, 0.25) is 5.91 Å². The van der Waals surface area contributed by atoms with Crippen LogP contribution in [0.5, 0.6) is 0 Å². The molecule has 1 N–H and O–H groups in total. The van der Waals surface area contributed by atoms with Crippen LogP contribution in [0.3, 0.4) is 0 Å². The van der Waals surface area contributed by atoms with E-state index in [1.165, 1.54) is 12.1 Å². The van der Waals surface area contributed by atoms with Crippen molar-refractivity contribution in [2.75, 3.05) is 37.4 Å². The smallest absolute Gasteiger partial charge is 0.266 e. The molecular weight excluding hydrogens is 433 g/mol. The second-order valence-corrected chi connectivity index (χ2v) is 8.48. The third kappa shape index (κ3) is 4.29. The highest BCUT2D eigenvalue weighted by atomic mass is 19.3. The highest BCUT2D eigenvalue weighted by Crippen LogP contribution is 2.33. The second-order valence-electron chi connectivity index (χ2n) is 8.48. The average Bonchev–Trinajstić information content (AvgIpc) is 2.74. The van der Waals surface area contributed by atoms with Crippen LogP contribution in [0.25, 0.3) is 10.9 Å². The van der Waals surface area contributed by atoms with Crippen molar-refractivity contribution in [3.05, 3.63) is 53.1 Å². The normalized spacial score (nSPS) is 15.0. The summed E-state index contributed by atoms with van der Waals surface area (Å²) in [6, 6.07) is 5.22. The molecule has 2 aromatic heterocycles. The van der Waals surface area contributed by atoms with E-state index in [9.17, 15) is 18.0 Å². The largest absolute Gasteiger partial charge is 0.369 e. The lowest BCUT2D eigenvalue weighted by atomic mass is 9.98. The van der Waals surface area contributed by atoms with Gasteiger partial charge in [0.15, 0.2) is 5.82 Å². The topological polar surface area (TPSA) is 74.2 Å². The highest BCUT2D eigenvalue weighted by Gasteiger charge is 2.34. The van der Waals surface area contributed by atoms with Crippen molar-refractivity contribution in [2.45, 2.75) is 26.3 Å². The fraction of sp³-hybridized carbons (Fsp3) is 0.391. The van der Waals surface area contributed by atoms with Crippen LogP contribution in [-0.4, -0.2) is 53.2 Å². The minimum absolute atomic E-state index is 0.0595. The Bertz CT molecular complexity index is 1200. The van der Waals surface area contributed by atoms with Gasteiger partial charge in [0.05, 0.1) is 40.6 Å². The average molecular weight is 458 g/mol. The summed E-state index contributed by atoms with van der Waals surface area (Å²) in [4.78, 5) is 20.3. The van der Waals surface area contributed by atoms with Crippen molar-refractivity contribution in [2.24, 2.45) is 5.92 Å². The SMILES string of the molecule is Cc1nnc(N[C@H](C)c2cccc(C(F)F)c2F)c2cc(N3CC(C(=O)N(C)C)C3)cnc12. The van der Waals surface area contributed by atoms with Crippen LogP contribution in [0.15, 0.2) is 30.5 Å². The maximum Gasteiger partial charge on any atom is 0.266 e. The van der Waals surface area contributed by atoms with E-state index in [1.807, 2.05) is 11.0 Å². The van der Waals surface area contributed by atoms with E-state index in [1.54, 1.807) is 39.0 Å². The summed E-state index contributed by atoms with van der Waals surface area (Å²) in [7, 11) is 3.48. The Kier molecular flexibility index (Phi) is 6.09. The van der Waals surface area contributed by atoms with Crippen molar-refractivity contribution in [3.8, 4) is 0 Å². The number of pyridine rings is 1. The molecule has 1 aliphatic heterocycles. The summed E-state index contributed by atoms with van der Waals surface area (Å²) >= 11 is 0. The molecule has 0 radical (unpaired) electrons. The lowest BCUT2D eigenvalue weighted by molar-refractivity contribution is -0.133. The van der Waals surface area contributed by atoms with Gasteiger partial charge in [0.1, 0.15) is 5.82 Å². The van der Waals surface area contributed by atoms with E-state index in [-0.39, 0.29) is 17.4 Å². The number of halogens is 3. The summed E-state index contributed by atoms with van der Waals surface area (Å²) < 4.78 is 40.9. The summed E-state index contributed by atoms with van der Waals surface area (Å²) in [5, 5.41) is 12.1. The molecule has 1 aromatic carbocycles. The molecular formula is C23H25F3N6O. The Balaban J connectivity index is 1.62. The van der Waals surface area contributed by atoms with E-state index >= 15 is 0 Å². The van der Waals surface area contributed by atoms with E-state index in [0.717, 1.165) is 11.8 Å². The fourth-order valence-corrected chi connectivity index (χ4v) is 3.99. The Morgan fingerprint density at radius 1 is 1.21 bits per heavy atom. The molecule has 0 aliphatic carbocycles. The fourth-order valence-electron chi connectivity index (χ4n) is 3.99. The van der Waals surface area contributed by atoms with Gasteiger partial charge in [0, 0.05) is 38.1 Å². The van der Waals surface area contributed by atoms with Crippen LogP contribution in [0, 0.1) is 18.7 Å². The summed E-state index contributed by atoms with van der Waals surface area (Å²) in [6.45, 7) is 4.64. The summed E-state index contributed by atoms with van der Waals surface area (Å²) in [5.41, 5.74) is 1.57. The molecule has 1 atom stereocenters. The minimum atomic E-state index is -2.90. The first-order valence-corrected chi connectivity index (χ1v) is 10.6. The number of hydrogen-bond donors (Lipinski definition) is 1. The molecule has 0 spiro atoms. The van der Waals surface area contributed by atoms with E-state index < -0.39 is 23.8 Å². The quantitative estimate of drug-likeness (QED) is 0.599. The molecule has 1 amide bonds. The van der Waals surface area contributed by atoms with Crippen molar-refractivity contribution in [1.29, 1.82) is 0 Å². The van der Waals surface area contributed by atoms with Gasteiger partial charge in [-0.2, -0.15) is 5.10 Å². The zero-order valence-electron chi connectivity index (χ0n) is 18.8. The molecule has 174 valence electrons. The summed E-state index contributed by atoms with van der Waals surface area (Å²) in [6.07, 6.45) is -1.17. The predicted octanol–water partition coefficient (Wildman–Crippen LogP) is 4.11. The number of amides is 1. The number of aromatic nitrogens is 3. The van der Waals surface area contributed by atoms with E-state index in [4.69, 9.17) is 0 Å². The molecule has 4 rings (SSSR count). The summed E-state index contributed by atoms with van der Waals surface area (Å²) in [5.74, 6) is -0.532. The Hall–Kier alpha value is -3.43. The first kappa shape index (κ1) is 22.8. The van der Waals surface area contributed by atoms with Gasteiger partial charge >= 0.3 is 0 Å². The van der Waals surface area contributed by atoms with Gasteiger partial charge in [0.25, 0.3) is 6.43 Å². The van der Waals surface area contributed by atoms with Gasteiger partial charge in [-0.25, -0.2) is 13.2 Å². The number of nitrogens with one attached hydrogen (secondary N) is 1. The Morgan fingerprint density at radius 2 is 1.91 bits per heavy atom. The lowest BCUT2D eigenvalue weighted by Crippen LogP contribution is -2.53. The van der Waals surface area contributed by atoms with E-state index in [0.29, 0.717) is 35.5 Å². The van der Waals surface area contributed by atoms with Gasteiger partial charge in [-0.1, -0.05) is 18.2 Å². The maximum atomic E-state index is 14.6. The number of nitrogens with zero attached hydrogens (tertiary/aromatic N) is 5. The van der Waals surface area contributed by atoms with Gasteiger partial charge in [-0.05, 0) is 19.9 Å². The lowest BCUT2D eigenvalue weighted by Gasteiger charge is -2.40. The Labute approximate surface area is 189 Å². The van der Waals surface area contributed by atoms with Crippen molar-refractivity contribution >= 4 is 28.3 Å². The number of fused-ring (bicyclic) bond motifs is 1. The molecule has 3 heterocycles. The molecule has 0 bridgehead atoms. The molecule has 10 heteroatoms. The molecule has 3 aromatic rings. The molecule has 1 aliphatic rings. The first-order valence-electron chi connectivity index (χ1n) is 10.6. The number of anilines is 2. The number of rotatable bonds is 6. The number of carbonyl (C=O) groups is 1.